The minimum absolute atomic E-state index is 0.0576. The Kier molecular flexibility index (Phi) is 6.45. The van der Waals surface area contributed by atoms with Crippen LogP contribution in [-0.4, -0.2) is 53.8 Å². The van der Waals surface area contributed by atoms with Gasteiger partial charge in [0.15, 0.2) is 14.0 Å². The van der Waals surface area contributed by atoms with E-state index in [1.54, 1.807) is 12.1 Å². The molecule has 2 rings (SSSR count). The summed E-state index contributed by atoms with van der Waals surface area (Å²) in [5.74, 6) is 0.360. The molecule has 2 aromatic heterocycles. The summed E-state index contributed by atoms with van der Waals surface area (Å²) in [7, 11) is -0.712. The topological polar surface area (TPSA) is 116 Å². The van der Waals surface area contributed by atoms with Crippen LogP contribution >= 0.6 is 0 Å². The third kappa shape index (κ3) is 5.07. The first-order valence-electron chi connectivity index (χ1n) is 9.00. The van der Waals surface area contributed by atoms with E-state index in [1.807, 2.05) is 0 Å². The third-order valence-corrected chi connectivity index (χ3v) is 9.54. The van der Waals surface area contributed by atoms with Gasteiger partial charge in [0.05, 0.1) is 26.0 Å². The van der Waals surface area contributed by atoms with Crippen LogP contribution in [0.4, 0.5) is 4.79 Å². The van der Waals surface area contributed by atoms with Gasteiger partial charge in [0, 0.05) is 12.6 Å². The van der Waals surface area contributed by atoms with E-state index in [-0.39, 0.29) is 23.7 Å². The van der Waals surface area contributed by atoms with Crippen LogP contribution in [-0.2, 0) is 11.0 Å². The van der Waals surface area contributed by atoms with Crippen LogP contribution in [0, 0.1) is 0 Å². The Morgan fingerprint density at radius 3 is 2.61 bits per heavy atom. The van der Waals surface area contributed by atoms with Gasteiger partial charge in [-0.25, -0.2) is 9.78 Å². The fraction of sp³-hybridized carbons (Fsp3) is 0.556. The number of carbonyl (C=O) groups is 1. The Hall–Kier alpha value is -2.46. The molecule has 0 aromatic carbocycles. The summed E-state index contributed by atoms with van der Waals surface area (Å²) in [6, 6.07) is 3.38. The zero-order chi connectivity index (χ0) is 21.1. The zero-order valence-electron chi connectivity index (χ0n) is 17.1. The standard InChI is InChI=1S/C18H28N4O5Si/c1-18(2,3)28(5,6)27-12(9-20-17(24)25)11-22-15(23)10-19-13-7-8-14(26-4)21-16(13)22/h7-8,10,12,20H,9,11H2,1-6H3,(H,24,25)/t12-/m1/s1. The second kappa shape index (κ2) is 8.27. The van der Waals surface area contributed by atoms with Gasteiger partial charge in [-0.3, -0.25) is 9.36 Å². The lowest BCUT2D eigenvalue weighted by atomic mass is 10.2. The average Bonchev–Trinajstić information content (AvgIpc) is 2.60. The first-order valence-corrected chi connectivity index (χ1v) is 11.9. The number of ether oxygens (including phenoxy) is 1. The first kappa shape index (κ1) is 21.8. The Morgan fingerprint density at radius 1 is 1.36 bits per heavy atom. The molecule has 0 bridgehead atoms. The number of carboxylic acid groups (broad SMARTS) is 1. The molecule has 9 nitrogen and oxygen atoms in total. The van der Waals surface area contributed by atoms with E-state index < -0.39 is 20.5 Å². The van der Waals surface area contributed by atoms with Crippen molar-refractivity contribution in [2.45, 2.75) is 51.6 Å². The number of fused-ring (bicyclic) bond motifs is 1. The number of aromatic nitrogens is 3. The van der Waals surface area contributed by atoms with E-state index in [2.05, 4.69) is 49.1 Å². The van der Waals surface area contributed by atoms with Crippen LogP contribution in [0.25, 0.3) is 11.2 Å². The summed E-state index contributed by atoms with van der Waals surface area (Å²) in [5, 5.41) is 11.3. The van der Waals surface area contributed by atoms with Gasteiger partial charge in [-0.2, -0.15) is 4.98 Å². The molecule has 28 heavy (non-hydrogen) atoms. The molecule has 1 atom stereocenters. The molecule has 0 aliphatic rings. The highest BCUT2D eigenvalue weighted by atomic mass is 28.4. The molecule has 10 heteroatoms. The Bertz CT molecular complexity index is 907. The van der Waals surface area contributed by atoms with Crippen molar-refractivity contribution in [3.8, 4) is 5.88 Å². The second-order valence-electron chi connectivity index (χ2n) is 8.09. The van der Waals surface area contributed by atoms with Crippen LogP contribution in [0.2, 0.25) is 18.1 Å². The fourth-order valence-electron chi connectivity index (χ4n) is 2.45. The molecule has 2 N–H and O–H groups in total. The van der Waals surface area contributed by atoms with Gasteiger partial charge in [0.2, 0.25) is 5.88 Å². The quantitative estimate of drug-likeness (QED) is 0.676. The summed E-state index contributed by atoms with van der Waals surface area (Å²) < 4.78 is 13.0. The van der Waals surface area contributed by atoms with Crippen LogP contribution in [0.15, 0.2) is 23.1 Å². The molecule has 2 aromatic rings. The largest absolute Gasteiger partial charge is 0.481 e. The Labute approximate surface area is 164 Å². The molecular formula is C18H28N4O5Si. The van der Waals surface area contributed by atoms with Gasteiger partial charge in [0.25, 0.3) is 5.56 Å². The smallest absolute Gasteiger partial charge is 0.404 e. The third-order valence-electron chi connectivity index (χ3n) is 5.01. The van der Waals surface area contributed by atoms with E-state index >= 15 is 0 Å². The van der Waals surface area contributed by atoms with Gasteiger partial charge in [0.1, 0.15) is 5.52 Å². The Balaban J connectivity index is 2.44. The SMILES string of the molecule is COc1ccc2ncc(=O)n(C[C@@H](CNC(=O)O)O[Si](C)(C)C(C)(C)C)c2n1. The monoisotopic (exact) mass is 408 g/mol. The number of nitrogens with one attached hydrogen (secondary N) is 1. The summed E-state index contributed by atoms with van der Waals surface area (Å²) in [5.41, 5.74) is 0.566. The van der Waals surface area contributed by atoms with Gasteiger partial charge in [-0.1, -0.05) is 20.8 Å². The highest BCUT2D eigenvalue weighted by Crippen LogP contribution is 2.37. The van der Waals surface area contributed by atoms with Gasteiger partial charge in [-0.15, -0.1) is 0 Å². The summed E-state index contributed by atoms with van der Waals surface area (Å²) in [6.07, 6.45) is -0.450. The van der Waals surface area contributed by atoms with Gasteiger partial charge < -0.3 is 19.6 Å². The van der Waals surface area contributed by atoms with Crippen LogP contribution in [0.1, 0.15) is 20.8 Å². The summed E-state index contributed by atoms with van der Waals surface area (Å²) in [6.45, 7) is 10.7. The van der Waals surface area contributed by atoms with Crippen LogP contribution in [0.3, 0.4) is 0 Å². The predicted molar refractivity (Wildman–Crippen MR) is 108 cm³/mol. The molecule has 0 aliphatic carbocycles. The lowest BCUT2D eigenvalue weighted by Crippen LogP contribution is -2.49. The van der Waals surface area contributed by atoms with E-state index in [0.29, 0.717) is 17.0 Å². The molecule has 0 saturated heterocycles. The highest BCUT2D eigenvalue weighted by Gasteiger charge is 2.39. The number of methoxy groups -OCH3 is 1. The lowest BCUT2D eigenvalue weighted by Gasteiger charge is -2.39. The van der Waals surface area contributed by atoms with Crippen LogP contribution in [0.5, 0.6) is 5.88 Å². The van der Waals surface area contributed by atoms with Crippen LogP contribution < -0.4 is 15.6 Å². The fourth-order valence-corrected chi connectivity index (χ4v) is 3.80. The van der Waals surface area contributed by atoms with E-state index in [9.17, 15) is 9.59 Å². The molecule has 0 radical (unpaired) electrons. The van der Waals surface area contributed by atoms with Crippen molar-refractivity contribution < 1.29 is 19.1 Å². The van der Waals surface area contributed by atoms with E-state index in [1.165, 1.54) is 17.9 Å². The summed E-state index contributed by atoms with van der Waals surface area (Å²) in [4.78, 5) is 32.0. The molecule has 1 amide bonds. The maximum Gasteiger partial charge on any atom is 0.404 e. The summed E-state index contributed by atoms with van der Waals surface area (Å²) >= 11 is 0. The Morgan fingerprint density at radius 2 is 2.04 bits per heavy atom. The van der Waals surface area contributed by atoms with Gasteiger partial charge in [-0.05, 0) is 24.2 Å². The molecule has 0 unspecified atom stereocenters. The molecule has 0 saturated carbocycles. The normalized spacial score (nSPS) is 13.4. The minimum atomic E-state index is -2.21. The number of pyridine rings is 1. The van der Waals surface area contributed by atoms with Crippen molar-refractivity contribution in [2.24, 2.45) is 0 Å². The van der Waals surface area contributed by atoms with Gasteiger partial charge >= 0.3 is 6.09 Å². The second-order valence-corrected chi connectivity index (χ2v) is 12.8. The highest BCUT2D eigenvalue weighted by molar-refractivity contribution is 6.74. The number of hydrogen-bond acceptors (Lipinski definition) is 6. The molecule has 0 fully saturated rings. The number of amides is 1. The number of rotatable bonds is 7. The molecule has 154 valence electrons. The molecular weight excluding hydrogens is 380 g/mol. The number of nitrogens with zero attached hydrogens (tertiary/aromatic N) is 3. The molecule has 0 spiro atoms. The average molecular weight is 409 g/mol. The van der Waals surface area contributed by atoms with E-state index in [0.717, 1.165) is 0 Å². The predicted octanol–water partition coefficient (Wildman–Crippen LogP) is 2.46. The molecule has 2 heterocycles. The lowest BCUT2D eigenvalue weighted by molar-refractivity contribution is 0.148. The maximum absolute atomic E-state index is 12.5. The number of hydrogen-bond donors (Lipinski definition) is 2. The minimum Gasteiger partial charge on any atom is -0.481 e. The zero-order valence-corrected chi connectivity index (χ0v) is 18.1. The van der Waals surface area contributed by atoms with Crippen molar-refractivity contribution in [3.05, 3.63) is 28.7 Å². The maximum atomic E-state index is 12.5. The molecule has 0 aliphatic heterocycles. The van der Waals surface area contributed by atoms with Crippen molar-refractivity contribution in [1.82, 2.24) is 19.9 Å². The first-order chi connectivity index (χ1) is 12.9. The van der Waals surface area contributed by atoms with Crippen molar-refractivity contribution in [3.63, 3.8) is 0 Å². The van der Waals surface area contributed by atoms with E-state index in [4.69, 9.17) is 14.3 Å². The van der Waals surface area contributed by atoms with Crippen molar-refractivity contribution in [1.29, 1.82) is 0 Å². The van der Waals surface area contributed by atoms with Crippen molar-refractivity contribution >= 4 is 25.6 Å². The van der Waals surface area contributed by atoms with Crippen molar-refractivity contribution in [2.75, 3.05) is 13.7 Å².